The largest absolute Gasteiger partial charge is 0.383 e. The lowest BCUT2D eigenvalue weighted by Gasteiger charge is -2.37. The van der Waals surface area contributed by atoms with E-state index in [0.29, 0.717) is 12.5 Å². The molecule has 3 rings (SSSR count). The Balaban J connectivity index is 1.88. The first-order chi connectivity index (χ1) is 6.73. The minimum absolute atomic E-state index is 0.0475. The van der Waals surface area contributed by atoms with Crippen LogP contribution in [0.4, 0.5) is 0 Å². The Labute approximate surface area is 82.9 Å². The van der Waals surface area contributed by atoms with Gasteiger partial charge in [0.25, 0.3) is 0 Å². The molecule has 0 radical (unpaired) electrons. The van der Waals surface area contributed by atoms with E-state index in [1.54, 1.807) is 7.11 Å². The first kappa shape index (κ1) is 8.85. The average Bonchev–Trinajstić information content (AvgIpc) is 2.70. The van der Waals surface area contributed by atoms with E-state index in [9.17, 15) is 5.11 Å². The minimum Gasteiger partial charge on any atom is -0.383 e. The third kappa shape index (κ3) is 1.02. The van der Waals surface area contributed by atoms with Gasteiger partial charge in [-0.2, -0.15) is 0 Å². The molecule has 5 atom stereocenters. The summed E-state index contributed by atoms with van der Waals surface area (Å²) in [5.74, 6) is 0.563. The minimum atomic E-state index is -0.735. The summed E-state index contributed by atoms with van der Waals surface area (Å²) < 4.78 is 10.8. The second-order valence-corrected chi connectivity index (χ2v) is 4.40. The molecular formula is C10H15NO3. The molecule has 5 unspecified atom stereocenters. The second-order valence-electron chi connectivity index (χ2n) is 4.40. The Bertz CT molecular complexity index is 281. The summed E-state index contributed by atoms with van der Waals surface area (Å²) in [6.07, 6.45) is 4.90. The molecule has 0 spiro atoms. The zero-order chi connectivity index (χ0) is 9.76. The van der Waals surface area contributed by atoms with Gasteiger partial charge in [-0.15, -0.1) is 0 Å². The molecule has 0 saturated carbocycles. The van der Waals surface area contributed by atoms with E-state index in [0.717, 1.165) is 6.42 Å². The molecule has 1 aliphatic carbocycles. The summed E-state index contributed by atoms with van der Waals surface area (Å²) in [4.78, 5) is 0. The fourth-order valence-corrected chi connectivity index (χ4v) is 2.89. The van der Waals surface area contributed by atoms with Crippen molar-refractivity contribution in [3.05, 3.63) is 12.2 Å². The molecule has 0 aromatic carbocycles. The molecule has 0 amide bonds. The predicted molar refractivity (Wildman–Crippen MR) is 49.4 cm³/mol. The molecule has 14 heavy (non-hydrogen) atoms. The van der Waals surface area contributed by atoms with Crippen LogP contribution in [0, 0.1) is 11.8 Å². The zero-order valence-electron chi connectivity index (χ0n) is 8.14. The highest BCUT2D eigenvalue weighted by Crippen LogP contribution is 2.46. The molecule has 2 aliphatic heterocycles. The van der Waals surface area contributed by atoms with Gasteiger partial charge in [0.2, 0.25) is 0 Å². The standard InChI is InChI=1S/C10H15NO3/c1-13-7-4-6-2-3-10(12)5-14-9(11-7)8(6)10/h2-3,6-9,11-12H,4-5H2,1H3. The third-order valence-corrected chi connectivity index (χ3v) is 3.61. The molecule has 0 bridgehead atoms. The van der Waals surface area contributed by atoms with Crippen molar-refractivity contribution >= 4 is 0 Å². The van der Waals surface area contributed by atoms with Gasteiger partial charge < -0.3 is 14.6 Å². The monoisotopic (exact) mass is 197 g/mol. The molecule has 2 saturated heterocycles. The number of nitrogens with one attached hydrogen (secondary N) is 1. The summed E-state index contributed by atoms with van der Waals surface area (Å²) in [6, 6.07) is 0. The Morgan fingerprint density at radius 1 is 1.64 bits per heavy atom. The molecule has 2 N–H and O–H groups in total. The van der Waals surface area contributed by atoms with Crippen molar-refractivity contribution in [2.45, 2.75) is 24.5 Å². The van der Waals surface area contributed by atoms with Gasteiger partial charge in [-0.05, 0) is 12.3 Å². The van der Waals surface area contributed by atoms with Crippen LogP contribution in [0.3, 0.4) is 0 Å². The lowest BCUT2D eigenvalue weighted by molar-refractivity contribution is -0.0630. The van der Waals surface area contributed by atoms with Crippen molar-refractivity contribution in [1.29, 1.82) is 0 Å². The molecule has 3 aliphatic rings. The second kappa shape index (κ2) is 2.79. The van der Waals surface area contributed by atoms with Gasteiger partial charge in [0.15, 0.2) is 0 Å². The molecule has 4 heteroatoms. The molecule has 2 heterocycles. The van der Waals surface area contributed by atoms with Crippen molar-refractivity contribution in [2.75, 3.05) is 13.7 Å². The summed E-state index contributed by atoms with van der Waals surface area (Å²) in [7, 11) is 1.69. The quantitative estimate of drug-likeness (QED) is 0.574. The highest BCUT2D eigenvalue weighted by Gasteiger charge is 2.56. The Morgan fingerprint density at radius 3 is 3.29 bits per heavy atom. The molecule has 4 nitrogen and oxygen atoms in total. The van der Waals surface area contributed by atoms with E-state index in [2.05, 4.69) is 11.4 Å². The average molecular weight is 197 g/mol. The van der Waals surface area contributed by atoms with Crippen LogP contribution in [0.5, 0.6) is 0 Å². The van der Waals surface area contributed by atoms with E-state index >= 15 is 0 Å². The van der Waals surface area contributed by atoms with E-state index in [-0.39, 0.29) is 18.4 Å². The van der Waals surface area contributed by atoms with Gasteiger partial charge >= 0.3 is 0 Å². The van der Waals surface area contributed by atoms with Crippen molar-refractivity contribution in [1.82, 2.24) is 5.32 Å². The Hall–Kier alpha value is -0.420. The number of ether oxygens (including phenoxy) is 2. The van der Waals surface area contributed by atoms with Crippen LogP contribution < -0.4 is 5.32 Å². The lowest BCUT2D eigenvalue weighted by atomic mass is 9.81. The zero-order valence-corrected chi connectivity index (χ0v) is 8.14. The number of piperidine rings is 1. The maximum Gasteiger partial charge on any atom is 0.116 e. The fourth-order valence-electron chi connectivity index (χ4n) is 2.89. The number of methoxy groups -OCH3 is 1. The van der Waals surface area contributed by atoms with Gasteiger partial charge in [0, 0.05) is 13.0 Å². The first-order valence-corrected chi connectivity index (χ1v) is 5.05. The first-order valence-electron chi connectivity index (χ1n) is 5.05. The van der Waals surface area contributed by atoms with Crippen LogP contribution in [0.25, 0.3) is 0 Å². The summed E-state index contributed by atoms with van der Waals surface area (Å²) in [5, 5.41) is 13.4. The molecule has 0 aromatic rings. The maximum atomic E-state index is 10.2. The van der Waals surface area contributed by atoms with Crippen LogP contribution in [0.15, 0.2) is 12.2 Å². The van der Waals surface area contributed by atoms with E-state index in [4.69, 9.17) is 9.47 Å². The predicted octanol–water partition coefficient (Wildman–Crippen LogP) is -0.158. The van der Waals surface area contributed by atoms with Crippen LogP contribution in [0.1, 0.15) is 6.42 Å². The van der Waals surface area contributed by atoms with Gasteiger partial charge in [-0.1, -0.05) is 12.2 Å². The number of hydrogen-bond acceptors (Lipinski definition) is 4. The van der Waals surface area contributed by atoms with Crippen LogP contribution >= 0.6 is 0 Å². The Morgan fingerprint density at radius 2 is 2.50 bits per heavy atom. The fraction of sp³-hybridized carbons (Fsp3) is 0.800. The number of aliphatic hydroxyl groups is 1. The molecule has 78 valence electrons. The van der Waals surface area contributed by atoms with E-state index < -0.39 is 5.60 Å². The number of allylic oxidation sites excluding steroid dienone is 1. The maximum absolute atomic E-state index is 10.2. The topological polar surface area (TPSA) is 50.7 Å². The molecule has 0 aromatic heterocycles. The van der Waals surface area contributed by atoms with Crippen LogP contribution in [-0.4, -0.2) is 36.9 Å². The summed E-state index contributed by atoms with van der Waals surface area (Å²) in [6.45, 7) is 0.402. The molecule has 2 fully saturated rings. The van der Waals surface area contributed by atoms with E-state index in [1.807, 2.05) is 6.08 Å². The highest BCUT2D eigenvalue weighted by molar-refractivity contribution is 5.22. The van der Waals surface area contributed by atoms with Crippen molar-refractivity contribution in [3.8, 4) is 0 Å². The van der Waals surface area contributed by atoms with Crippen molar-refractivity contribution < 1.29 is 14.6 Å². The number of hydrogen-bond donors (Lipinski definition) is 2. The Kier molecular flexibility index (Phi) is 1.77. The normalized spacial score (nSPS) is 55.0. The lowest BCUT2D eigenvalue weighted by Crippen LogP contribution is -2.53. The smallest absolute Gasteiger partial charge is 0.116 e. The van der Waals surface area contributed by atoms with Gasteiger partial charge in [0.05, 0.1) is 6.61 Å². The van der Waals surface area contributed by atoms with E-state index in [1.165, 1.54) is 0 Å². The summed E-state index contributed by atoms with van der Waals surface area (Å²) in [5.41, 5.74) is -0.735. The molecular weight excluding hydrogens is 182 g/mol. The van der Waals surface area contributed by atoms with Crippen LogP contribution in [-0.2, 0) is 9.47 Å². The SMILES string of the molecule is COC1CC2C=CC3(O)COC(N1)C23. The van der Waals surface area contributed by atoms with Crippen molar-refractivity contribution in [3.63, 3.8) is 0 Å². The van der Waals surface area contributed by atoms with Crippen LogP contribution in [0.2, 0.25) is 0 Å². The van der Waals surface area contributed by atoms with Gasteiger partial charge in [0.1, 0.15) is 18.1 Å². The number of rotatable bonds is 1. The summed E-state index contributed by atoms with van der Waals surface area (Å²) >= 11 is 0. The van der Waals surface area contributed by atoms with Gasteiger partial charge in [-0.25, -0.2) is 0 Å². The third-order valence-electron chi connectivity index (χ3n) is 3.61. The highest BCUT2D eigenvalue weighted by atomic mass is 16.5. The van der Waals surface area contributed by atoms with Crippen molar-refractivity contribution in [2.24, 2.45) is 11.8 Å². The van der Waals surface area contributed by atoms with Gasteiger partial charge in [-0.3, -0.25) is 5.32 Å².